The van der Waals surface area contributed by atoms with E-state index in [2.05, 4.69) is 20.8 Å². The van der Waals surface area contributed by atoms with Gasteiger partial charge in [0.15, 0.2) is 0 Å². The van der Waals surface area contributed by atoms with Gasteiger partial charge in [-0.25, -0.2) is 9.48 Å². The van der Waals surface area contributed by atoms with Crippen molar-refractivity contribution in [2.75, 3.05) is 31.0 Å². The number of carbonyl (C=O) groups is 3. The number of fused-ring (bicyclic) bond motifs is 1. The molecule has 0 aromatic carbocycles. The van der Waals surface area contributed by atoms with E-state index >= 15 is 0 Å². The van der Waals surface area contributed by atoms with Gasteiger partial charge < -0.3 is 20.3 Å². The van der Waals surface area contributed by atoms with Gasteiger partial charge in [0.2, 0.25) is 11.1 Å². The number of thioether (sulfide) groups is 3. The molecule has 0 aliphatic carbocycles. The molecule has 1 saturated heterocycles. The van der Waals surface area contributed by atoms with Crippen molar-refractivity contribution in [3.63, 3.8) is 0 Å². The summed E-state index contributed by atoms with van der Waals surface area (Å²) in [6.45, 7) is 1.77. The molecule has 1 aromatic rings. The van der Waals surface area contributed by atoms with Crippen LogP contribution in [0.3, 0.4) is 0 Å². The van der Waals surface area contributed by atoms with Crippen LogP contribution in [0.4, 0.5) is 0 Å². The highest BCUT2D eigenvalue weighted by Gasteiger charge is 2.66. The summed E-state index contributed by atoms with van der Waals surface area (Å²) in [6.07, 6.45) is 0. The first-order valence-corrected chi connectivity index (χ1v) is 12.2. The van der Waals surface area contributed by atoms with E-state index < -0.39 is 28.9 Å². The average Bonchev–Trinajstić information content (AvgIpc) is 3.14. The van der Waals surface area contributed by atoms with E-state index in [1.54, 1.807) is 7.05 Å². The summed E-state index contributed by atoms with van der Waals surface area (Å²) >= 11 is 3.83. The SMILES string of the molecule is CO[C@@]1(NC(=O)CSCCO)C(=O)N2C(C(=O)O)=C(C(C)Sc3nnnn3C)CS[C@@H]21. The number of rotatable bonds is 10. The lowest BCUT2D eigenvalue weighted by molar-refractivity contribution is -0.192. The Morgan fingerprint density at radius 2 is 2.23 bits per heavy atom. The van der Waals surface area contributed by atoms with Crippen molar-refractivity contribution in [2.45, 2.75) is 28.4 Å². The second kappa shape index (κ2) is 9.77. The summed E-state index contributed by atoms with van der Waals surface area (Å²) in [5.74, 6) is -1.54. The van der Waals surface area contributed by atoms with Crippen LogP contribution in [0.1, 0.15) is 6.92 Å². The molecule has 3 atom stereocenters. The van der Waals surface area contributed by atoms with Gasteiger partial charge in [0.1, 0.15) is 11.1 Å². The Morgan fingerprint density at radius 3 is 2.81 bits per heavy atom. The Bertz CT molecular complexity index is 910. The van der Waals surface area contributed by atoms with Crippen molar-refractivity contribution in [1.29, 1.82) is 0 Å². The maximum absolute atomic E-state index is 13.1. The zero-order valence-corrected chi connectivity index (χ0v) is 19.4. The Kier molecular flexibility index (Phi) is 7.51. The Balaban J connectivity index is 1.82. The number of amides is 2. The number of carbonyl (C=O) groups excluding carboxylic acids is 2. The highest BCUT2D eigenvalue weighted by atomic mass is 32.2. The van der Waals surface area contributed by atoms with Crippen molar-refractivity contribution >= 4 is 53.1 Å². The molecule has 15 heteroatoms. The maximum atomic E-state index is 13.1. The molecule has 0 bridgehead atoms. The molecule has 12 nitrogen and oxygen atoms in total. The average molecular weight is 491 g/mol. The first kappa shape index (κ1) is 23.8. The predicted molar refractivity (Wildman–Crippen MR) is 114 cm³/mol. The topological polar surface area (TPSA) is 160 Å². The molecule has 0 radical (unpaired) electrons. The van der Waals surface area contributed by atoms with Crippen LogP contribution in [0.25, 0.3) is 0 Å². The van der Waals surface area contributed by atoms with Gasteiger partial charge in [-0.1, -0.05) is 11.8 Å². The number of aryl methyl sites for hydroxylation is 1. The van der Waals surface area contributed by atoms with Gasteiger partial charge in [-0.15, -0.1) is 28.6 Å². The number of aliphatic hydroxyl groups is 1. The molecule has 31 heavy (non-hydrogen) atoms. The van der Waals surface area contributed by atoms with Gasteiger partial charge >= 0.3 is 5.97 Å². The smallest absolute Gasteiger partial charge is 0.352 e. The van der Waals surface area contributed by atoms with E-state index in [9.17, 15) is 19.5 Å². The Morgan fingerprint density at radius 1 is 1.48 bits per heavy atom. The fourth-order valence-electron chi connectivity index (χ4n) is 3.24. The lowest BCUT2D eigenvalue weighted by Crippen LogP contribution is -2.80. The van der Waals surface area contributed by atoms with E-state index in [-0.39, 0.29) is 23.3 Å². The second-order valence-electron chi connectivity index (χ2n) is 6.63. The fraction of sp³-hybridized carbons (Fsp3) is 0.625. The number of aliphatic carboxylic acids is 1. The molecule has 0 spiro atoms. The minimum atomic E-state index is -1.63. The molecule has 3 heterocycles. The molecule has 1 fully saturated rings. The van der Waals surface area contributed by atoms with Gasteiger partial charge in [-0.3, -0.25) is 14.5 Å². The quantitative estimate of drug-likeness (QED) is 0.161. The van der Waals surface area contributed by atoms with Gasteiger partial charge in [0, 0.05) is 30.9 Å². The summed E-state index contributed by atoms with van der Waals surface area (Å²) in [5, 5.41) is 32.1. The molecular formula is C16H22N6O6S3. The van der Waals surface area contributed by atoms with Crippen LogP contribution in [-0.4, -0.2) is 100 Å². The van der Waals surface area contributed by atoms with Gasteiger partial charge in [-0.2, -0.15) is 0 Å². The normalized spacial score (nSPS) is 23.9. The summed E-state index contributed by atoms with van der Waals surface area (Å²) in [6, 6.07) is 0. The Hall–Kier alpha value is -1.81. The summed E-state index contributed by atoms with van der Waals surface area (Å²) < 4.78 is 6.89. The highest BCUT2D eigenvalue weighted by molar-refractivity contribution is 8.01. The van der Waals surface area contributed by atoms with Crippen molar-refractivity contribution < 1.29 is 29.3 Å². The number of ether oxygens (including phenoxy) is 1. The van der Waals surface area contributed by atoms with E-state index in [0.717, 1.165) is 0 Å². The highest BCUT2D eigenvalue weighted by Crippen LogP contribution is 2.48. The standard InChI is InChI=1S/C16H22N6O6S3/c1-8(31-15-18-19-20-21(15)2)9-6-30-14-16(28-3,17-10(24)7-29-5-4-23)13(27)22(14)11(9)12(25)26/h8,14,23H,4-7H2,1-3H3,(H,17,24)(H,25,26)/t8?,14-,16+/m1/s1. The van der Waals surface area contributed by atoms with E-state index in [0.29, 0.717) is 22.2 Å². The molecule has 3 N–H and O–H groups in total. The predicted octanol–water partition coefficient (Wildman–Crippen LogP) is -0.871. The number of aliphatic hydroxyl groups excluding tert-OH is 1. The molecule has 2 aliphatic heterocycles. The van der Waals surface area contributed by atoms with Gasteiger partial charge in [-0.05, 0) is 22.9 Å². The summed E-state index contributed by atoms with van der Waals surface area (Å²) in [4.78, 5) is 38.6. The van der Waals surface area contributed by atoms with Gasteiger partial charge in [0.05, 0.1) is 12.4 Å². The molecule has 2 aliphatic rings. The lowest BCUT2D eigenvalue weighted by Gasteiger charge is -2.56. The third kappa shape index (κ3) is 4.41. The number of methoxy groups -OCH3 is 1. The maximum Gasteiger partial charge on any atom is 0.352 e. The number of hydrogen-bond donors (Lipinski definition) is 3. The molecule has 2 amide bonds. The van der Waals surface area contributed by atoms with E-state index in [4.69, 9.17) is 9.84 Å². The third-order valence-electron chi connectivity index (χ3n) is 4.73. The number of nitrogens with one attached hydrogen (secondary N) is 1. The number of carboxylic acid groups (broad SMARTS) is 1. The fourth-order valence-corrected chi connectivity index (χ4v) is 6.36. The first-order chi connectivity index (χ1) is 14.8. The number of hydrogen-bond acceptors (Lipinski definition) is 11. The second-order valence-corrected chi connectivity index (χ2v) is 10.1. The van der Waals surface area contributed by atoms with Crippen LogP contribution in [0.2, 0.25) is 0 Å². The van der Waals surface area contributed by atoms with Crippen LogP contribution >= 0.6 is 35.3 Å². The van der Waals surface area contributed by atoms with Crippen molar-refractivity contribution in [3.8, 4) is 0 Å². The van der Waals surface area contributed by atoms with Crippen molar-refractivity contribution in [1.82, 2.24) is 30.4 Å². The molecule has 1 aromatic heterocycles. The van der Waals surface area contributed by atoms with E-state index in [1.807, 2.05) is 6.92 Å². The minimum absolute atomic E-state index is 0.0443. The van der Waals surface area contributed by atoms with E-state index in [1.165, 1.54) is 52.0 Å². The summed E-state index contributed by atoms with van der Waals surface area (Å²) in [7, 11) is 2.98. The molecule has 170 valence electrons. The number of nitrogens with zero attached hydrogens (tertiary/aromatic N) is 5. The van der Waals surface area contributed by atoms with Crippen LogP contribution in [-0.2, 0) is 26.2 Å². The zero-order valence-electron chi connectivity index (χ0n) is 17.0. The molecule has 3 rings (SSSR count). The largest absolute Gasteiger partial charge is 0.477 e. The number of β-lactam (4-membered cyclic amide) rings is 1. The van der Waals surface area contributed by atoms with Crippen LogP contribution in [0.15, 0.2) is 16.4 Å². The number of carboxylic acids is 1. The molecule has 0 saturated carbocycles. The third-order valence-corrected chi connectivity index (χ3v) is 8.20. The van der Waals surface area contributed by atoms with Gasteiger partial charge in [0.25, 0.3) is 11.6 Å². The first-order valence-electron chi connectivity index (χ1n) is 9.12. The van der Waals surface area contributed by atoms with Crippen LogP contribution < -0.4 is 5.32 Å². The monoisotopic (exact) mass is 490 g/mol. The lowest BCUT2D eigenvalue weighted by atomic mass is 9.97. The molecular weight excluding hydrogens is 468 g/mol. The van der Waals surface area contributed by atoms with Crippen molar-refractivity contribution in [2.24, 2.45) is 7.05 Å². The number of tetrazole rings is 1. The molecule has 1 unspecified atom stereocenters. The zero-order chi connectivity index (χ0) is 22.8. The van der Waals surface area contributed by atoms with Crippen molar-refractivity contribution in [3.05, 3.63) is 11.3 Å². The minimum Gasteiger partial charge on any atom is -0.477 e. The van der Waals surface area contributed by atoms with Crippen LogP contribution in [0.5, 0.6) is 0 Å². The Labute approximate surface area is 190 Å². The summed E-state index contributed by atoms with van der Waals surface area (Å²) in [5.41, 5.74) is -1.18. The van der Waals surface area contributed by atoms with Crippen LogP contribution in [0, 0.1) is 0 Å². The number of aromatic nitrogens is 4.